The summed E-state index contributed by atoms with van der Waals surface area (Å²) in [4.78, 5) is 24.5. The van der Waals surface area contributed by atoms with Crippen molar-refractivity contribution in [2.45, 2.75) is 160 Å². The van der Waals surface area contributed by atoms with Gasteiger partial charge in [-0.1, -0.05) is 89.6 Å². The van der Waals surface area contributed by atoms with E-state index in [1.54, 1.807) is 0 Å². The predicted molar refractivity (Wildman–Crippen MR) is 209 cm³/mol. The minimum atomic E-state index is -0.827. The molecule has 0 amide bonds. The third kappa shape index (κ3) is 11.5. The van der Waals surface area contributed by atoms with Gasteiger partial charge in [0, 0.05) is 24.3 Å². The first-order valence-corrected chi connectivity index (χ1v) is 21.0. The molecule has 0 aliphatic heterocycles. The summed E-state index contributed by atoms with van der Waals surface area (Å²) in [5.74, 6) is 17.8. The molecule has 0 saturated heterocycles. The molecule has 5 rings (SSSR count). The zero-order chi connectivity index (χ0) is 36.8. The number of hydrogen-bond donors (Lipinski definition) is 0. The lowest BCUT2D eigenvalue weighted by Crippen LogP contribution is -2.40. The quantitative estimate of drug-likeness (QED) is 0.123. The number of rotatable bonds is 12. The van der Waals surface area contributed by atoms with Crippen molar-refractivity contribution in [2.24, 2.45) is 35.5 Å². The van der Waals surface area contributed by atoms with Gasteiger partial charge in [0.1, 0.15) is 12.2 Å². The highest BCUT2D eigenvalue weighted by molar-refractivity contribution is 5.81. The highest BCUT2D eigenvalue weighted by Crippen LogP contribution is 2.45. The summed E-state index contributed by atoms with van der Waals surface area (Å²) in [5, 5.41) is 0. The molecule has 0 unspecified atom stereocenters. The highest BCUT2D eigenvalue weighted by Gasteiger charge is 2.41. The van der Waals surface area contributed by atoms with Crippen molar-refractivity contribution in [3.05, 3.63) is 48.0 Å². The van der Waals surface area contributed by atoms with Gasteiger partial charge in [-0.05, 0) is 143 Å². The summed E-state index contributed by atoms with van der Waals surface area (Å²) >= 11 is 0. The number of benzene rings is 1. The van der Waals surface area contributed by atoms with E-state index in [1.165, 1.54) is 89.9 Å². The molecule has 4 aliphatic carbocycles. The van der Waals surface area contributed by atoms with E-state index in [0.717, 1.165) is 85.3 Å². The Bertz CT molecular complexity index is 1400. The maximum atomic E-state index is 13.0. The van der Waals surface area contributed by atoms with Gasteiger partial charge in [0.05, 0.1) is 6.42 Å². The van der Waals surface area contributed by atoms with Gasteiger partial charge in [-0.25, -0.2) is 4.79 Å². The van der Waals surface area contributed by atoms with Crippen molar-refractivity contribution in [2.75, 3.05) is 13.7 Å². The molecule has 1 aromatic rings. The minimum absolute atomic E-state index is 0.00488. The van der Waals surface area contributed by atoms with Crippen molar-refractivity contribution in [1.82, 2.24) is 0 Å². The predicted octanol–water partition coefficient (Wildman–Crippen LogP) is 10.8. The van der Waals surface area contributed by atoms with Gasteiger partial charge in [0.25, 0.3) is 0 Å². The third-order valence-corrected chi connectivity index (χ3v) is 13.4. The Kier molecular flexibility index (Phi) is 15.4. The molecule has 4 fully saturated rings. The summed E-state index contributed by atoms with van der Waals surface area (Å²) in [5.41, 5.74) is 0.657. The number of esters is 2. The summed E-state index contributed by atoms with van der Waals surface area (Å²) < 4.78 is 17.3. The van der Waals surface area contributed by atoms with Gasteiger partial charge in [-0.15, -0.1) is 0 Å². The first kappa shape index (κ1) is 40.2. The molecule has 0 radical (unpaired) electrons. The fourth-order valence-electron chi connectivity index (χ4n) is 10.1. The number of hydrogen-bond acceptors (Lipinski definition) is 5. The average molecular weight is 711 g/mol. The van der Waals surface area contributed by atoms with Crippen LogP contribution in [0, 0.1) is 59.2 Å². The van der Waals surface area contributed by atoms with Crippen molar-refractivity contribution in [3.8, 4) is 23.7 Å². The normalized spacial score (nSPS) is 31.9. The minimum Gasteiger partial charge on any atom is -0.462 e. The summed E-state index contributed by atoms with van der Waals surface area (Å²) in [6.07, 6.45) is 25.5. The number of ether oxygens (including phenoxy) is 3. The Morgan fingerprint density at radius 3 is 1.54 bits per heavy atom. The maximum Gasteiger partial charge on any atom is 0.330 e. The van der Waals surface area contributed by atoms with Gasteiger partial charge in [0.2, 0.25) is 0 Å². The van der Waals surface area contributed by atoms with Crippen molar-refractivity contribution in [3.63, 3.8) is 0 Å². The van der Waals surface area contributed by atoms with Gasteiger partial charge in [0.15, 0.2) is 5.60 Å². The molecule has 0 aromatic heterocycles. The summed E-state index contributed by atoms with van der Waals surface area (Å²) in [6, 6.07) is 8.12. The highest BCUT2D eigenvalue weighted by atomic mass is 16.6. The second-order valence-electron chi connectivity index (χ2n) is 16.7. The molecule has 0 N–H and O–H groups in total. The molecule has 4 aliphatic rings. The zero-order valence-electron chi connectivity index (χ0n) is 32.7. The van der Waals surface area contributed by atoms with E-state index in [0.29, 0.717) is 5.92 Å². The molecule has 52 heavy (non-hydrogen) atoms. The van der Waals surface area contributed by atoms with E-state index >= 15 is 0 Å². The van der Waals surface area contributed by atoms with Crippen molar-refractivity contribution in [1.29, 1.82) is 0 Å². The van der Waals surface area contributed by atoms with Crippen LogP contribution in [0.3, 0.4) is 0 Å². The number of carbonyl (C=O) groups excluding carboxylic acids is 2. The van der Waals surface area contributed by atoms with Crippen LogP contribution in [0.5, 0.6) is 0 Å². The van der Waals surface area contributed by atoms with Gasteiger partial charge < -0.3 is 14.2 Å². The zero-order valence-corrected chi connectivity index (χ0v) is 32.7. The SMILES string of the molecule is C=CC(=O)OCCC(=O)OC1(C#Cc2ccc(C#CC3(OC)CCC(C4CCC(CCC)CC4)CC3)cc2)CCC(C2CCC(CCC)CC2)CC1. The van der Waals surface area contributed by atoms with Gasteiger partial charge in [-0.2, -0.15) is 0 Å². The van der Waals surface area contributed by atoms with E-state index in [1.807, 2.05) is 31.4 Å². The molecule has 1 aromatic carbocycles. The summed E-state index contributed by atoms with van der Waals surface area (Å²) in [7, 11) is 1.83. The molecule has 0 atom stereocenters. The monoisotopic (exact) mass is 710 g/mol. The topological polar surface area (TPSA) is 61.8 Å². The Hall–Kier alpha value is -3.02. The molecule has 4 saturated carbocycles. The van der Waals surface area contributed by atoms with Crippen LogP contribution in [0.1, 0.15) is 160 Å². The van der Waals surface area contributed by atoms with Crippen LogP contribution in [0.2, 0.25) is 0 Å². The second-order valence-corrected chi connectivity index (χ2v) is 16.7. The first-order chi connectivity index (χ1) is 25.3. The molecule has 0 spiro atoms. The molecule has 5 heteroatoms. The van der Waals surface area contributed by atoms with E-state index in [-0.39, 0.29) is 24.6 Å². The number of methoxy groups -OCH3 is 1. The average Bonchev–Trinajstić information content (AvgIpc) is 3.18. The van der Waals surface area contributed by atoms with E-state index in [4.69, 9.17) is 14.2 Å². The van der Waals surface area contributed by atoms with Crippen LogP contribution in [0.25, 0.3) is 0 Å². The maximum absolute atomic E-state index is 13.0. The molecule has 5 nitrogen and oxygen atoms in total. The van der Waals surface area contributed by atoms with E-state index < -0.39 is 11.6 Å². The van der Waals surface area contributed by atoms with E-state index in [2.05, 4.69) is 44.1 Å². The lowest BCUT2D eigenvalue weighted by atomic mass is 9.67. The number of carbonyl (C=O) groups is 2. The molecular formula is C47H66O5. The Balaban J connectivity index is 1.19. The third-order valence-electron chi connectivity index (χ3n) is 13.4. The Morgan fingerprint density at radius 1 is 0.692 bits per heavy atom. The van der Waals surface area contributed by atoms with Gasteiger partial charge in [-0.3, -0.25) is 4.79 Å². The standard InChI is InChI=1S/C47H66O5/c1-5-8-36-14-18-40(19-15-36)42-24-31-46(50-4,32-25-42)29-22-38-10-12-39(13-11-38)23-30-47(52-45(49)28-35-51-44(48)7-3)33-26-43(27-34-47)41-20-16-37(9-6-2)17-21-41/h7,10-13,36-37,40-43H,3,5-6,8-9,14-21,24-28,31-35H2,1-2,4H3. The van der Waals surface area contributed by atoms with Crippen molar-refractivity contribution >= 4 is 11.9 Å². The van der Waals surface area contributed by atoms with E-state index in [9.17, 15) is 9.59 Å². The smallest absolute Gasteiger partial charge is 0.330 e. The molecule has 284 valence electrons. The second kappa shape index (κ2) is 19.9. The van der Waals surface area contributed by atoms with Crippen LogP contribution in [0.4, 0.5) is 0 Å². The lowest BCUT2D eigenvalue weighted by molar-refractivity contribution is -0.159. The van der Waals surface area contributed by atoms with Crippen LogP contribution in [-0.4, -0.2) is 36.9 Å². The summed E-state index contributed by atoms with van der Waals surface area (Å²) in [6.45, 7) is 8.01. The Morgan fingerprint density at radius 2 is 1.12 bits per heavy atom. The van der Waals surface area contributed by atoms with Crippen LogP contribution >= 0.6 is 0 Å². The van der Waals surface area contributed by atoms with Crippen LogP contribution in [0.15, 0.2) is 36.9 Å². The van der Waals surface area contributed by atoms with Crippen LogP contribution in [-0.2, 0) is 23.8 Å². The largest absolute Gasteiger partial charge is 0.462 e. The van der Waals surface area contributed by atoms with Gasteiger partial charge >= 0.3 is 11.9 Å². The Labute approximate surface area is 315 Å². The molecular weight excluding hydrogens is 645 g/mol. The molecule has 0 heterocycles. The lowest BCUT2D eigenvalue weighted by Gasteiger charge is -2.41. The fraction of sp³-hybridized carbons (Fsp3) is 0.702. The van der Waals surface area contributed by atoms with Crippen LogP contribution < -0.4 is 0 Å². The fourth-order valence-corrected chi connectivity index (χ4v) is 10.1. The van der Waals surface area contributed by atoms with Crippen molar-refractivity contribution < 1.29 is 23.8 Å². The first-order valence-electron chi connectivity index (χ1n) is 21.0. The molecule has 0 bridgehead atoms.